The molecule has 1 saturated heterocycles. The third-order valence-corrected chi connectivity index (χ3v) is 8.44. The van der Waals surface area contributed by atoms with Gasteiger partial charge in [-0.25, -0.2) is 23.1 Å². The molecule has 8 nitrogen and oxygen atoms in total. The van der Waals surface area contributed by atoms with Gasteiger partial charge in [-0.1, -0.05) is 17.7 Å². The number of aryl methyl sites for hydroxylation is 1. The summed E-state index contributed by atoms with van der Waals surface area (Å²) in [6.07, 6.45) is 3.66. The molecule has 2 fully saturated rings. The lowest BCUT2D eigenvalue weighted by Gasteiger charge is -2.42. The molecular formula is C24H21F3N6O2S. The van der Waals surface area contributed by atoms with Crippen molar-refractivity contribution in [2.45, 2.75) is 30.2 Å². The Morgan fingerprint density at radius 1 is 0.917 bits per heavy atom. The van der Waals surface area contributed by atoms with Crippen LogP contribution in [0.2, 0.25) is 0 Å². The van der Waals surface area contributed by atoms with E-state index in [-0.39, 0.29) is 16.1 Å². The Morgan fingerprint density at radius 3 is 2.25 bits per heavy atom. The van der Waals surface area contributed by atoms with E-state index in [2.05, 4.69) is 15.1 Å². The first-order valence-electron chi connectivity index (χ1n) is 11.4. The number of piperazine rings is 1. The second-order valence-corrected chi connectivity index (χ2v) is 11.0. The molecule has 0 amide bonds. The lowest BCUT2D eigenvalue weighted by atomic mass is 10.1. The fraction of sp³-hybridized carbons (Fsp3) is 0.292. The molecular weight excluding hydrogens is 493 g/mol. The minimum atomic E-state index is -4.31. The zero-order chi connectivity index (χ0) is 25.2. The average molecular weight is 515 g/mol. The number of fused-ring (bicyclic) bond motifs is 1. The van der Waals surface area contributed by atoms with Crippen molar-refractivity contribution in [2.24, 2.45) is 0 Å². The number of nitrogens with zero attached hydrogens (tertiary/aromatic N) is 6. The van der Waals surface area contributed by atoms with Crippen LogP contribution in [-0.4, -0.2) is 52.7 Å². The molecule has 0 bridgehead atoms. The van der Waals surface area contributed by atoms with Crippen molar-refractivity contribution in [3.63, 3.8) is 0 Å². The number of anilines is 2. The lowest BCUT2D eigenvalue weighted by molar-refractivity contribution is 0.496. The van der Waals surface area contributed by atoms with Crippen molar-refractivity contribution < 1.29 is 21.6 Å². The molecule has 2 aliphatic rings. The van der Waals surface area contributed by atoms with Crippen LogP contribution in [0.4, 0.5) is 24.9 Å². The van der Waals surface area contributed by atoms with Gasteiger partial charge < -0.3 is 9.80 Å². The molecule has 0 radical (unpaired) electrons. The van der Waals surface area contributed by atoms with Gasteiger partial charge in [0.1, 0.15) is 11.3 Å². The standard InChI is InChI=1S/C24H21F3N6O2S/c1-15-2-4-17(5-3-15)36(34,35)33-21-19(27)7-6-18(26)20(21)22(30-33)32-11-10-31(14-24(32)8-9-24)23-28-12-16(25)13-29-23/h2-7,12-13H,8-11,14H2,1H3. The van der Waals surface area contributed by atoms with Gasteiger partial charge in [0.15, 0.2) is 17.5 Å². The van der Waals surface area contributed by atoms with Crippen LogP contribution >= 0.6 is 0 Å². The zero-order valence-electron chi connectivity index (χ0n) is 19.2. The molecule has 1 saturated carbocycles. The summed E-state index contributed by atoms with van der Waals surface area (Å²) < 4.78 is 71.1. The summed E-state index contributed by atoms with van der Waals surface area (Å²) in [5.74, 6) is -1.73. The van der Waals surface area contributed by atoms with Crippen LogP contribution in [0, 0.1) is 24.4 Å². The molecule has 12 heteroatoms. The van der Waals surface area contributed by atoms with Gasteiger partial charge in [-0.2, -0.15) is 8.42 Å². The van der Waals surface area contributed by atoms with Crippen molar-refractivity contribution in [1.82, 2.24) is 19.2 Å². The van der Waals surface area contributed by atoms with Crippen molar-refractivity contribution >= 4 is 32.7 Å². The largest absolute Gasteiger partial charge is 0.345 e. The molecule has 4 aromatic rings. The molecule has 186 valence electrons. The number of rotatable bonds is 4. The molecule has 3 heterocycles. The predicted octanol–water partition coefficient (Wildman–Crippen LogP) is 3.65. The van der Waals surface area contributed by atoms with Gasteiger partial charge in [-0.15, -0.1) is 9.19 Å². The molecule has 0 atom stereocenters. The van der Waals surface area contributed by atoms with E-state index in [1.54, 1.807) is 12.1 Å². The van der Waals surface area contributed by atoms with Gasteiger partial charge in [-0.05, 0) is 44.0 Å². The molecule has 1 aliphatic carbocycles. The average Bonchev–Trinajstić information content (AvgIpc) is 3.48. The highest BCUT2D eigenvalue weighted by Gasteiger charge is 2.53. The Kier molecular flexibility index (Phi) is 5.01. The normalized spacial score (nSPS) is 17.2. The van der Waals surface area contributed by atoms with Gasteiger partial charge in [0.2, 0.25) is 5.95 Å². The molecule has 2 aromatic carbocycles. The number of hydrogen-bond donors (Lipinski definition) is 0. The first-order chi connectivity index (χ1) is 17.2. The molecule has 36 heavy (non-hydrogen) atoms. The summed E-state index contributed by atoms with van der Waals surface area (Å²) in [4.78, 5) is 11.8. The molecule has 0 N–H and O–H groups in total. The number of hydrogen-bond acceptors (Lipinski definition) is 7. The van der Waals surface area contributed by atoms with E-state index in [9.17, 15) is 12.8 Å². The van der Waals surface area contributed by atoms with Crippen LogP contribution in [0.1, 0.15) is 18.4 Å². The van der Waals surface area contributed by atoms with E-state index in [1.807, 2.05) is 16.7 Å². The Morgan fingerprint density at radius 2 is 1.58 bits per heavy atom. The van der Waals surface area contributed by atoms with E-state index in [0.717, 1.165) is 42.9 Å². The minimum absolute atomic E-state index is 0.0767. The topological polar surface area (TPSA) is 84.2 Å². The molecule has 0 unspecified atom stereocenters. The highest BCUT2D eigenvalue weighted by molar-refractivity contribution is 7.90. The second-order valence-electron chi connectivity index (χ2n) is 9.24. The lowest BCUT2D eigenvalue weighted by Crippen LogP contribution is -2.56. The zero-order valence-corrected chi connectivity index (χ0v) is 20.0. The Labute approximate surface area is 205 Å². The van der Waals surface area contributed by atoms with Crippen LogP contribution in [0.15, 0.2) is 53.7 Å². The third-order valence-electron chi connectivity index (χ3n) is 6.85. The Hall–Kier alpha value is -3.67. The third kappa shape index (κ3) is 3.50. The maximum Gasteiger partial charge on any atom is 0.283 e. The summed E-state index contributed by atoms with van der Waals surface area (Å²) in [7, 11) is -4.31. The van der Waals surface area contributed by atoms with Crippen molar-refractivity contribution in [1.29, 1.82) is 0 Å². The van der Waals surface area contributed by atoms with Crippen LogP contribution in [0.25, 0.3) is 10.9 Å². The monoisotopic (exact) mass is 514 g/mol. The quantitative estimate of drug-likeness (QED) is 0.411. The summed E-state index contributed by atoms with van der Waals surface area (Å²) in [6.45, 7) is 3.02. The molecule has 6 rings (SSSR count). The Balaban J connectivity index is 1.46. The van der Waals surface area contributed by atoms with E-state index >= 15 is 8.78 Å². The second kappa shape index (κ2) is 7.92. The van der Waals surface area contributed by atoms with Crippen molar-refractivity contribution in [3.8, 4) is 0 Å². The maximum absolute atomic E-state index is 15.2. The van der Waals surface area contributed by atoms with Crippen LogP contribution in [-0.2, 0) is 10.0 Å². The van der Waals surface area contributed by atoms with Gasteiger partial charge >= 0.3 is 0 Å². The fourth-order valence-electron chi connectivity index (χ4n) is 4.82. The van der Waals surface area contributed by atoms with Gasteiger partial charge in [0.05, 0.1) is 28.2 Å². The predicted molar refractivity (Wildman–Crippen MR) is 127 cm³/mol. The van der Waals surface area contributed by atoms with Crippen LogP contribution in [0.5, 0.6) is 0 Å². The Bertz CT molecular complexity index is 1590. The van der Waals surface area contributed by atoms with E-state index in [4.69, 9.17) is 0 Å². The number of aromatic nitrogens is 4. The first-order valence-corrected chi connectivity index (χ1v) is 12.8. The summed E-state index contributed by atoms with van der Waals surface area (Å²) in [6, 6.07) is 7.98. The van der Waals surface area contributed by atoms with Crippen LogP contribution < -0.4 is 9.80 Å². The minimum Gasteiger partial charge on any atom is -0.345 e. The highest BCUT2D eigenvalue weighted by atomic mass is 32.2. The summed E-state index contributed by atoms with van der Waals surface area (Å²) in [5, 5.41) is 4.15. The molecule has 1 spiro atoms. The van der Waals surface area contributed by atoms with Gasteiger partial charge in [0.25, 0.3) is 10.0 Å². The maximum atomic E-state index is 15.2. The first kappa shape index (κ1) is 22.8. The van der Waals surface area contributed by atoms with E-state index in [0.29, 0.717) is 29.7 Å². The van der Waals surface area contributed by atoms with Crippen LogP contribution in [0.3, 0.4) is 0 Å². The van der Waals surface area contributed by atoms with E-state index < -0.39 is 38.5 Å². The fourth-order valence-corrected chi connectivity index (χ4v) is 6.10. The number of halogens is 3. The van der Waals surface area contributed by atoms with Gasteiger partial charge in [0, 0.05) is 19.6 Å². The summed E-state index contributed by atoms with van der Waals surface area (Å²) in [5.41, 5.74) is -0.0457. The van der Waals surface area contributed by atoms with Crippen molar-refractivity contribution in [3.05, 3.63) is 71.8 Å². The SMILES string of the molecule is Cc1ccc(S(=O)(=O)n2nc(N3CCN(c4ncc(F)cn4)CC34CC4)c3c(F)ccc(F)c32)cc1. The number of benzene rings is 2. The highest BCUT2D eigenvalue weighted by Crippen LogP contribution is 2.48. The molecule has 2 aromatic heterocycles. The van der Waals surface area contributed by atoms with Gasteiger partial charge in [-0.3, -0.25) is 0 Å². The van der Waals surface area contributed by atoms with E-state index in [1.165, 1.54) is 12.1 Å². The smallest absolute Gasteiger partial charge is 0.283 e. The van der Waals surface area contributed by atoms with Crippen molar-refractivity contribution in [2.75, 3.05) is 29.4 Å². The molecule has 1 aliphatic heterocycles. The summed E-state index contributed by atoms with van der Waals surface area (Å²) >= 11 is 0.